The van der Waals surface area contributed by atoms with Gasteiger partial charge < -0.3 is 9.80 Å². The van der Waals surface area contributed by atoms with Crippen LogP contribution in [0.2, 0.25) is 0 Å². The van der Waals surface area contributed by atoms with Gasteiger partial charge in [0.25, 0.3) is 0 Å². The minimum atomic E-state index is -0.169. The van der Waals surface area contributed by atoms with Gasteiger partial charge in [-0.1, -0.05) is 0 Å². The lowest BCUT2D eigenvalue weighted by atomic mass is 9.72. The monoisotopic (exact) mass is 234 g/mol. The molecule has 4 saturated heterocycles. The zero-order chi connectivity index (χ0) is 11.9. The maximum Gasteiger partial charge on any atom is 0.125 e. The summed E-state index contributed by atoms with van der Waals surface area (Å²) in [4.78, 5) is 7.33. The van der Waals surface area contributed by atoms with Crippen molar-refractivity contribution >= 4 is 0 Å². The van der Waals surface area contributed by atoms with E-state index in [9.17, 15) is 5.26 Å². The zero-order valence-electron chi connectivity index (χ0n) is 10.7. The molecule has 4 nitrogen and oxygen atoms in total. The lowest BCUT2D eigenvalue weighted by molar-refractivity contribution is -0.0532. The van der Waals surface area contributed by atoms with Crippen LogP contribution in [0.25, 0.3) is 0 Å². The van der Waals surface area contributed by atoms with Gasteiger partial charge in [-0.15, -0.1) is 0 Å². The molecule has 0 aromatic heterocycles. The molecule has 0 aliphatic carbocycles. The van der Waals surface area contributed by atoms with Crippen molar-refractivity contribution in [2.45, 2.75) is 18.4 Å². The van der Waals surface area contributed by atoms with Crippen LogP contribution in [-0.2, 0) is 0 Å². The SMILES string of the molecule is CN1CCN(C2(C#N)CN3CCC2CC3)CC1. The second kappa shape index (κ2) is 4.24. The molecule has 0 aromatic rings. The second-order valence-electron chi connectivity index (χ2n) is 5.88. The minimum absolute atomic E-state index is 0.169. The summed E-state index contributed by atoms with van der Waals surface area (Å²) in [6.07, 6.45) is 2.44. The van der Waals surface area contributed by atoms with Crippen molar-refractivity contribution in [1.82, 2.24) is 14.7 Å². The van der Waals surface area contributed by atoms with Gasteiger partial charge in [0.15, 0.2) is 0 Å². The largest absolute Gasteiger partial charge is 0.304 e. The summed E-state index contributed by atoms with van der Waals surface area (Å²) >= 11 is 0. The van der Waals surface area contributed by atoms with E-state index in [2.05, 4.69) is 27.8 Å². The smallest absolute Gasteiger partial charge is 0.125 e. The lowest BCUT2D eigenvalue weighted by Gasteiger charge is -2.55. The number of likely N-dealkylation sites (N-methyl/N-ethyl adjacent to an activating group) is 1. The van der Waals surface area contributed by atoms with Crippen LogP contribution < -0.4 is 0 Å². The first kappa shape index (κ1) is 11.5. The highest BCUT2D eigenvalue weighted by Crippen LogP contribution is 2.39. The fourth-order valence-corrected chi connectivity index (χ4v) is 3.80. The number of rotatable bonds is 1. The third-order valence-corrected chi connectivity index (χ3v) is 4.99. The molecule has 0 N–H and O–H groups in total. The summed E-state index contributed by atoms with van der Waals surface area (Å²) in [6.45, 7) is 7.75. The summed E-state index contributed by atoms with van der Waals surface area (Å²) in [5, 5.41) is 9.75. The Labute approximate surface area is 104 Å². The van der Waals surface area contributed by atoms with Gasteiger partial charge in [-0.3, -0.25) is 4.90 Å². The number of nitrogens with zero attached hydrogens (tertiary/aromatic N) is 4. The van der Waals surface area contributed by atoms with Crippen LogP contribution in [0, 0.1) is 17.2 Å². The van der Waals surface area contributed by atoms with Crippen molar-refractivity contribution in [1.29, 1.82) is 5.26 Å². The Hall–Kier alpha value is -0.630. The number of piperidine rings is 3. The normalized spacial score (nSPS) is 43.5. The summed E-state index contributed by atoms with van der Waals surface area (Å²) in [5.41, 5.74) is -0.169. The van der Waals surface area contributed by atoms with Gasteiger partial charge in [-0.2, -0.15) is 5.26 Å². The molecule has 4 aliphatic rings. The lowest BCUT2D eigenvalue weighted by Crippen LogP contribution is -2.68. The summed E-state index contributed by atoms with van der Waals surface area (Å²) in [7, 11) is 2.17. The van der Waals surface area contributed by atoms with E-state index in [0.29, 0.717) is 5.92 Å². The Kier molecular flexibility index (Phi) is 2.86. The van der Waals surface area contributed by atoms with Crippen LogP contribution in [0.1, 0.15) is 12.8 Å². The number of hydrogen-bond donors (Lipinski definition) is 0. The van der Waals surface area contributed by atoms with Crippen LogP contribution in [0.3, 0.4) is 0 Å². The first-order valence-electron chi connectivity index (χ1n) is 6.82. The van der Waals surface area contributed by atoms with E-state index in [0.717, 1.165) is 32.7 Å². The zero-order valence-corrected chi connectivity index (χ0v) is 10.7. The van der Waals surface area contributed by atoms with Crippen LogP contribution in [-0.4, -0.2) is 73.1 Å². The molecule has 0 amide bonds. The maximum atomic E-state index is 9.75. The van der Waals surface area contributed by atoms with Gasteiger partial charge >= 0.3 is 0 Å². The van der Waals surface area contributed by atoms with E-state index >= 15 is 0 Å². The Morgan fingerprint density at radius 1 is 1.06 bits per heavy atom. The van der Waals surface area contributed by atoms with E-state index in [1.54, 1.807) is 0 Å². The average Bonchev–Trinajstić information content (AvgIpc) is 2.40. The summed E-state index contributed by atoms with van der Waals surface area (Å²) < 4.78 is 0. The average molecular weight is 234 g/mol. The molecule has 4 fully saturated rings. The number of fused-ring (bicyclic) bond motifs is 3. The van der Waals surface area contributed by atoms with Crippen LogP contribution in [0.15, 0.2) is 0 Å². The molecule has 4 rings (SSSR count). The molecule has 4 heterocycles. The molecule has 1 unspecified atom stereocenters. The number of piperazine rings is 1. The van der Waals surface area contributed by atoms with Crippen molar-refractivity contribution in [3.05, 3.63) is 0 Å². The standard InChI is InChI=1S/C13H22N4/c1-15-6-8-17(9-7-15)13(10-14)11-16-4-2-12(13)3-5-16/h12H,2-9,11H2,1H3. The summed E-state index contributed by atoms with van der Waals surface area (Å²) in [5.74, 6) is 0.612. The molecule has 1 atom stereocenters. The van der Waals surface area contributed by atoms with Crippen molar-refractivity contribution in [2.24, 2.45) is 5.92 Å². The highest BCUT2D eigenvalue weighted by Gasteiger charge is 2.51. The molecule has 0 radical (unpaired) electrons. The highest BCUT2D eigenvalue weighted by molar-refractivity contribution is 5.18. The third kappa shape index (κ3) is 1.77. The minimum Gasteiger partial charge on any atom is -0.304 e. The van der Waals surface area contributed by atoms with Crippen molar-refractivity contribution in [3.8, 4) is 6.07 Å². The molecule has 17 heavy (non-hydrogen) atoms. The van der Waals surface area contributed by atoms with E-state index in [1.807, 2.05) is 0 Å². The van der Waals surface area contributed by atoms with E-state index < -0.39 is 0 Å². The fourth-order valence-electron chi connectivity index (χ4n) is 3.80. The molecular formula is C13H22N4. The van der Waals surface area contributed by atoms with Crippen LogP contribution in [0.5, 0.6) is 0 Å². The van der Waals surface area contributed by atoms with Crippen molar-refractivity contribution in [3.63, 3.8) is 0 Å². The first-order chi connectivity index (χ1) is 8.24. The first-order valence-corrected chi connectivity index (χ1v) is 6.82. The molecule has 0 aromatic carbocycles. The summed E-state index contributed by atoms with van der Waals surface area (Å²) in [6, 6.07) is 2.70. The molecule has 0 saturated carbocycles. The fraction of sp³-hybridized carbons (Fsp3) is 0.923. The van der Waals surface area contributed by atoms with Gasteiger partial charge in [0.1, 0.15) is 5.54 Å². The molecule has 0 spiro atoms. The Balaban J connectivity index is 1.80. The van der Waals surface area contributed by atoms with Gasteiger partial charge in [0.05, 0.1) is 6.07 Å². The number of nitriles is 1. The van der Waals surface area contributed by atoms with Gasteiger partial charge in [-0.05, 0) is 38.9 Å². The highest BCUT2D eigenvalue weighted by atomic mass is 15.3. The van der Waals surface area contributed by atoms with E-state index in [-0.39, 0.29) is 5.54 Å². The molecule has 94 valence electrons. The van der Waals surface area contributed by atoms with Gasteiger partial charge in [0.2, 0.25) is 0 Å². The topological polar surface area (TPSA) is 33.5 Å². The molecule has 4 heteroatoms. The Bertz CT molecular complexity index is 321. The quantitative estimate of drug-likeness (QED) is 0.650. The van der Waals surface area contributed by atoms with Crippen molar-refractivity contribution < 1.29 is 0 Å². The predicted molar refractivity (Wildman–Crippen MR) is 66.6 cm³/mol. The predicted octanol–water partition coefficient (Wildman–Crippen LogP) is 0.222. The van der Waals surface area contributed by atoms with Gasteiger partial charge in [0, 0.05) is 32.7 Å². The second-order valence-corrected chi connectivity index (χ2v) is 5.88. The Morgan fingerprint density at radius 2 is 1.71 bits per heavy atom. The molecular weight excluding hydrogens is 212 g/mol. The third-order valence-electron chi connectivity index (χ3n) is 4.99. The molecule has 4 aliphatic heterocycles. The Morgan fingerprint density at radius 3 is 2.18 bits per heavy atom. The van der Waals surface area contributed by atoms with Crippen LogP contribution in [0.4, 0.5) is 0 Å². The molecule has 2 bridgehead atoms. The van der Waals surface area contributed by atoms with Gasteiger partial charge in [-0.25, -0.2) is 0 Å². The number of hydrogen-bond acceptors (Lipinski definition) is 4. The van der Waals surface area contributed by atoms with Crippen LogP contribution >= 0.6 is 0 Å². The van der Waals surface area contributed by atoms with E-state index in [4.69, 9.17) is 0 Å². The maximum absolute atomic E-state index is 9.75. The van der Waals surface area contributed by atoms with E-state index in [1.165, 1.54) is 25.9 Å². The van der Waals surface area contributed by atoms with Crippen molar-refractivity contribution in [2.75, 3.05) is 52.9 Å².